The standard InChI is InChI=1S/C54H92O6/c1-4-7-10-13-16-19-22-24-26-28-29-32-35-38-41-44-47-53(56)59-50-51(49-58-52(55)46-43-40-37-34-31-21-18-15-12-9-6-3)60-54(57)48-45-42-39-36-33-30-27-25-23-20-17-14-11-8-5-2/h8,11,15,17-18,20,25-28,33,36,51H,4-7,9-10,12-14,16,19,21-24,29-32,34-35,37-50H2,1-3H3/b11-8-,18-15-,20-17-,27-25-,28-26-,36-33-. The molecular formula is C54H92O6. The molecule has 0 rings (SSSR count). The van der Waals surface area contributed by atoms with Crippen LogP contribution in [-0.4, -0.2) is 37.2 Å². The van der Waals surface area contributed by atoms with Crippen LogP contribution in [0.1, 0.15) is 233 Å². The fraction of sp³-hybridized carbons (Fsp3) is 0.722. The van der Waals surface area contributed by atoms with Crippen molar-refractivity contribution in [2.45, 2.75) is 239 Å². The summed E-state index contributed by atoms with van der Waals surface area (Å²) in [7, 11) is 0. The van der Waals surface area contributed by atoms with Gasteiger partial charge in [-0.05, 0) is 103 Å². The summed E-state index contributed by atoms with van der Waals surface area (Å²) in [5.41, 5.74) is 0. The lowest BCUT2D eigenvalue weighted by molar-refractivity contribution is -0.167. The van der Waals surface area contributed by atoms with Gasteiger partial charge in [0.15, 0.2) is 6.10 Å². The highest BCUT2D eigenvalue weighted by Gasteiger charge is 2.19. The molecule has 0 N–H and O–H groups in total. The molecule has 0 aromatic carbocycles. The number of allylic oxidation sites excluding steroid dienone is 12. The Morgan fingerprint density at radius 2 is 0.667 bits per heavy atom. The molecule has 0 fully saturated rings. The molecule has 0 saturated heterocycles. The zero-order chi connectivity index (χ0) is 43.7. The van der Waals surface area contributed by atoms with Gasteiger partial charge in [-0.1, -0.05) is 184 Å². The minimum Gasteiger partial charge on any atom is -0.462 e. The van der Waals surface area contributed by atoms with Gasteiger partial charge in [0.25, 0.3) is 0 Å². The number of hydrogen-bond acceptors (Lipinski definition) is 6. The Kier molecular flexibility index (Phi) is 46.0. The molecule has 6 nitrogen and oxygen atoms in total. The van der Waals surface area contributed by atoms with E-state index in [0.717, 1.165) is 96.3 Å². The number of unbranched alkanes of at least 4 members (excludes halogenated alkanes) is 21. The second-order valence-electron chi connectivity index (χ2n) is 16.3. The van der Waals surface area contributed by atoms with Crippen LogP contribution in [0, 0.1) is 0 Å². The van der Waals surface area contributed by atoms with Gasteiger partial charge in [-0.15, -0.1) is 0 Å². The lowest BCUT2D eigenvalue weighted by Crippen LogP contribution is -2.30. The van der Waals surface area contributed by atoms with Gasteiger partial charge in [-0.2, -0.15) is 0 Å². The number of rotatable bonds is 44. The van der Waals surface area contributed by atoms with Crippen molar-refractivity contribution in [3.63, 3.8) is 0 Å². The van der Waals surface area contributed by atoms with Gasteiger partial charge in [0.05, 0.1) is 0 Å². The van der Waals surface area contributed by atoms with Gasteiger partial charge < -0.3 is 14.2 Å². The summed E-state index contributed by atoms with van der Waals surface area (Å²) in [5.74, 6) is -0.960. The van der Waals surface area contributed by atoms with E-state index in [4.69, 9.17) is 14.2 Å². The van der Waals surface area contributed by atoms with E-state index in [2.05, 4.69) is 93.7 Å². The maximum atomic E-state index is 12.8. The van der Waals surface area contributed by atoms with Crippen LogP contribution in [0.5, 0.6) is 0 Å². The van der Waals surface area contributed by atoms with Crippen LogP contribution in [0.3, 0.4) is 0 Å². The van der Waals surface area contributed by atoms with Crippen molar-refractivity contribution in [3.8, 4) is 0 Å². The molecule has 6 heteroatoms. The van der Waals surface area contributed by atoms with Crippen molar-refractivity contribution in [1.29, 1.82) is 0 Å². The molecule has 0 aromatic heterocycles. The average molecular weight is 837 g/mol. The molecule has 0 aliphatic heterocycles. The van der Waals surface area contributed by atoms with Crippen molar-refractivity contribution in [3.05, 3.63) is 72.9 Å². The summed E-state index contributed by atoms with van der Waals surface area (Å²) < 4.78 is 16.7. The predicted octanol–water partition coefficient (Wildman–Crippen LogP) is 16.3. The molecule has 0 radical (unpaired) electrons. The van der Waals surface area contributed by atoms with Crippen molar-refractivity contribution in [1.82, 2.24) is 0 Å². The predicted molar refractivity (Wildman–Crippen MR) is 256 cm³/mol. The van der Waals surface area contributed by atoms with Gasteiger partial charge in [-0.25, -0.2) is 0 Å². The monoisotopic (exact) mass is 837 g/mol. The Bertz CT molecular complexity index is 1140. The van der Waals surface area contributed by atoms with E-state index >= 15 is 0 Å². The highest BCUT2D eigenvalue weighted by molar-refractivity contribution is 5.71. The maximum Gasteiger partial charge on any atom is 0.306 e. The smallest absolute Gasteiger partial charge is 0.306 e. The van der Waals surface area contributed by atoms with E-state index in [1.807, 2.05) is 0 Å². The molecule has 0 bridgehead atoms. The van der Waals surface area contributed by atoms with Gasteiger partial charge in [0.2, 0.25) is 0 Å². The van der Waals surface area contributed by atoms with Crippen LogP contribution in [0.2, 0.25) is 0 Å². The van der Waals surface area contributed by atoms with E-state index in [-0.39, 0.29) is 37.5 Å². The third-order valence-corrected chi connectivity index (χ3v) is 10.4. The zero-order valence-corrected chi connectivity index (χ0v) is 39.2. The Morgan fingerprint density at radius 3 is 1.12 bits per heavy atom. The molecule has 0 aliphatic rings. The third kappa shape index (κ3) is 45.9. The van der Waals surface area contributed by atoms with Crippen LogP contribution >= 0.6 is 0 Å². The van der Waals surface area contributed by atoms with Gasteiger partial charge in [-0.3, -0.25) is 14.4 Å². The van der Waals surface area contributed by atoms with Crippen molar-refractivity contribution < 1.29 is 28.6 Å². The van der Waals surface area contributed by atoms with Crippen molar-refractivity contribution in [2.75, 3.05) is 13.2 Å². The van der Waals surface area contributed by atoms with Crippen LogP contribution in [0.25, 0.3) is 0 Å². The van der Waals surface area contributed by atoms with Crippen LogP contribution in [-0.2, 0) is 28.6 Å². The second-order valence-corrected chi connectivity index (χ2v) is 16.3. The van der Waals surface area contributed by atoms with Gasteiger partial charge in [0.1, 0.15) is 13.2 Å². The largest absolute Gasteiger partial charge is 0.462 e. The first-order chi connectivity index (χ1) is 29.5. The number of esters is 3. The molecule has 0 spiro atoms. The number of carbonyl (C=O) groups is 3. The van der Waals surface area contributed by atoms with Crippen molar-refractivity contribution >= 4 is 17.9 Å². The maximum absolute atomic E-state index is 12.8. The summed E-state index contributed by atoms with van der Waals surface area (Å²) >= 11 is 0. The van der Waals surface area contributed by atoms with E-state index in [0.29, 0.717) is 19.3 Å². The van der Waals surface area contributed by atoms with Gasteiger partial charge >= 0.3 is 17.9 Å². The summed E-state index contributed by atoms with van der Waals surface area (Å²) in [6.07, 6.45) is 60.3. The highest BCUT2D eigenvalue weighted by Crippen LogP contribution is 2.13. The summed E-state index contributed by atoms with van der Waals surface area (Å²) in [4.78, 5) is 37.9. The van der Waals surface area contributed by atoms with E-state index in [1.165, 1.54) is 89.9 Å². The number of carbonyl (C=O) groups excluding carboxylic acids is 3. The van der Waals surface area contributed by atoms with E-state index in [1.54, 1.807) is 0 Å². The topological polar surface area (TPSA) is 78.9 Å². The summed E-state index contributed by atoms with van der Waals surface area (Å²) in [6.45, 7) is 6.43. The summed E-state index contributed by atoms with van der Waals surface area (Å²) in [6, 6.07) is 0. The number of ether oxygens (including phenoxy) is 3. The highest BCUT2D eigenvalue weighted by atomic mass is 16.6. The molecule has 0 aliphatic carbocycles. The van der Waals surface area contributed by atoms with Crippen molar-refractivity contribution in [2.24, 2.45) is 0 Å². The quantitative estimate of drug-likeness (QED) is 0.0263. The number of hydrogen-bond donors (Lipinski definition) is 0. The molecule has 0 heterocycles. The molecule has 1 atom stereocenters. The first-order valence-electron chi connectivity index (χ1n) is 24.9. The Balaban J connectivity index is 4.46. The zero-order valence-electron chi connectivity index (χ0n) is 39.2. The lowest BCUT2D eigenvalue weighted by Gasteiger charge is -2.18. The first-order valence-corrected chi connectivity index (χ1v) is 24.9. The molecule has 0 saturated carbocycles. The first kappa shape index (κ1) is 56.9. The molecule has 60 heavy (non-hydrogen) atoms. The summed E-state index contributed by atoms with van der Waals surface area (Å²) in [5, 5.41) is 0. The molecule has 0 amide bonds. The fourth-order valence-corrected chi connectivity index (χ4v) is 6.64. The van der Waals surface area contributed by atoms with E-state index in [9.17, 15) is 14.4 Å². The van der Waals surface area contributed by atoms with Crippen LogP contribution in [0.4, 0.5) is 0 Å². The minimum atomic E-state index is -0.802. The van der Waals surface area contributed by atoms with E-state index < -0.39 is 6.10 Å². The second kappa shape index (κ2) is 48.5. The third-order valence-electron chi connectivity index (χ3n) is 10.4. The fourth-order valence-electron chi connectivity index (χ4n) is 6.64. The Labute approximate surface area is 370 Å². The van der Waals surface area contributed by atoms with Crippen LogP contribution in [0.15, 0.2) is 72.9 Å². The Morgan fingerprint density at radius 1 is 0.350 bits per heavy atom. The van der Waals surface area contributed by atoms with Gasteiger partial charge in [0, 0.05) is 19.3 Å². The average Bonchev–Trinajstić information content (AvgIpc) is 3.24. The normalized spacial score (nSPS) is 12.7. The van der Waals surface area contributed by atoms with Crippen LogP contribution < -0.4 is 0 Å². The lowest BCUT2D eigenvalue weighted by atomic mass is 10.1. The molecular weight excluding hydrogens is 745 g/mol. The molecule has 344 valence electrons. The minimum absolute atomic E-state index is 0.0993. The molecule has 0 aromatic rings. The Hall–Kier alpha value is -3.15. The SMILES string of the molecule is CC/C=C\C/C=C\C/C=C\C/C=C\CCCCC(=O)OC(COC(=O)CCCCCCC/C=C\CCCC)COC(=O)CCCCCCC/C=C\CCCCCCCCC. The molecule has 1 unspecified atom stereocenters.